The van der Waals surface area contributed by atoms with Crippen LogP contribution in [-0.2, 0) is 0 Å². The van der Waals surface area contributed by atoms with Crippen LogP contribution in [-0.4, -0.2) is 23.4 Å². The number of rotatable bonds is 4. The fourth-order valence-corrected chi connectivity index (χ4v) is 1.67. The highest BCUT2D eigenvalue weighted by Crippen LogP contribution is 2.24. The van der Waals surface area contributed by atoms with E-state index in [-0.39, 0.29) is 16.6 Å². The van der Waals surface area contributed by atoms with Crippen LogP contribution < -0.4 is 4.74 Å². The van der Waals surface area contributed by atoms with E-state index in [0.717, 1.165) is 0 Å². The van der Waals surface area contributed by atoms with Gasteiger partial charge in [-0.3, -0.25) is 4.79 Å². The van der Waals surface area contributed by atoms with Crippen molar-refractivity contribution in [1.29, 1.82) is 0 Å². The van der Waals surface area contributed by atoms with Gasteiger partial charge in [0.2, 0.25) is 5.28 Å². The van der Waals surface area contributed by atoms with Crippen LogP contribution in [0.1, 0.15) is 21.5 Å². The first-order chi connectivity index (χ1) is 9.63. The van der Waals surface area contributed by atoms with Crippen molar-refractivity contribution in [1.82, 2.24) is 9.97 Å². The molecule has 0 fully saturated rings. The topological polar surface area (TPSA) is 52.1 Å². The molecule has 0 amide bonds. The Morgan fingerprint density at radius 1 is 1.20 bits per heavy atom. The van der Waals surface area contributed by atoms with Gasteiger partial charge in [-0.2, -0.15) is 0 Å². The minimum atomic E-state index is -0.538. The van der Waals surface area contributed by atoms with Crippen molar-refractivity contribution in [3.05, 3.63) is 52.3 Å². The van der Waals surface area contributed by atoms with Gasteiger partial charge in [0.05, 0.1) is 7.11 Å². The summed E-state index contributed by atoms with van der Waals surface area (Å²) in [5.41, 5.74) is 1.22. The molecule has 2 aromatic rings. The molecule has 0 radical (unpaired) electrons. The van der Waals surface area contributed by atoms with E-state index in [4.69, 9.17) is 16.3 Å². The lowest BCUT2D eigenvalue weighted by atomic mass is 10.1. The molecule has 0 aliphatic heterocycles. The van der Waals surface area contributed by atoms with Gasteiger partial charge in [0.1, 0.15) is 6.29 Å². The molecule has 0 bridgehead atoms. The Balaban J connectivity index is 2.37. The van der Waals surface area contributed by atoms with E-state index in [2.05, 4.69) is 9.97 Å². The molecule has 6 heteroatoms. The van der Waals surface area contributed by atoms with Crippen LogP contribution in [0.3, 0.4) is 0 Å². The zero-order valence-corrected chi connectivity index (χ0v) is 11.3. The zero-order chi connectivity index (χ0) is 14.5. The number of halogens is 2. The minimum absolute atomic E-state index is 0.0154. The molecule has 102 valence electrons. The number of carbonyl (C=O) groups excluding carboxylic acids is 1. The number of benzene rings is 1. The number of methoxy groups -OCH3 is 1. The maximum absolute atomic E-state index is 14.0. The summed E-state index contributed by atoms with van der Waals surface area (Å²) in [5.74, 6) is -0.522. The van der Waals surface area contributed by atoms with E-state index >= 15 is 0 Å². The maximum atomic E-state index is 14.0. The molecule has 1 heterocycles. The number of carbonyl (C=O) groups is 1. The average molecular weight is 293 g/mol. The summed E-state index contributed by atoms with van der Waals surface area (Å²) >= 11 is 5.57. The first-order valence-corrected chi connectivity index (χ1v) is 6.00. The Morgan fingerprint density at radius 3 is 2.50 bits per heavy atom. The van der Waals surface area contributed by atoms with Crippen LogP contribution in [0.25, 0.3) is 12.2 Å². The lowest BCUT2D eigenvalue weighted by Crippen LogP contribution is -1.94. The lowest BCUT2D eigenvalue weighted by Gasteiger charge is -2.05. The van der Waals surface area contributed by atoms with Gasteiger partial charge in [-0.05, 0) is 23.7 Å². The van der Waals surface area contributed by atoms with E-state index in [1.807, 2.05) is 0 Å². The van der Waals surface area contributed by atoms with E-state index < -0.39 is 5.82 Å². The van der Waals surface area contributed by atoms with Gasteiger partial charge in [-0.1, -0.05) is 12.2 Å². The maximum Gasteiger partial charge on any atom is 0.222 e. The zero-order valence-electron chi connectivity index (χ0n) is 10.5. The Kier molecular flexibility index (Phi) is 4.42. The van der Waals surface area contributed by atoms with Gasteiger partial charge < -0.3 is 4.74 Å². The van der Waals surface area contributed by atoms with Crippen LogP contribution >= 0.6 is 11.6 Å². The Morgan fingerprint density at radius 2 is 1.90 bits per heavy atom. The highest BCUT2D eigenvalue weighted by Gasteiger charge is 2.09. The molecule has 4 nitrogen and oxygen atoms in total. The van der Waals surface area contributed by atoms with Crippen molar-refractivity contribution in [3.8, 4) is 5.75 Å². The number of hydrogen-bond donors (Lipinski definition) is 0. The van der Waals surface area contributed by atoms with Crippen LogP contribution in [0, 0.1) is 5.82 Å². The van der Waals surface area contributed by atoms with Gasteiger partial charge >= 0.3 is 0 Å². The van der Waals surface area contributed by atoms with Crippen LogP contribution in [0.2, 0.25) is 5.28 Å². The molecule has 0 aliphatic carbocycles. The SMILES string of the molecule is COc1cc(C=O)cc(/C=C/c2cnc(Cl)nc2)c1F. The highest BCUT2D eigenvalue weighted by molar-refractivity contribution is 6.28. The monoisotopic (exact) mass is 292 g/mol. The van der Waals surface area contributed by atoms with Crippen molar-refractivity contribution < 1.29 is 13.9 Å². The van der Waals surface area contributed by atoms with Crippen LogP contribution in [0.4, 0.5) is 4.39 Å². The smallest absolute Gasteiger partial charge is 0.222 e. The van der Waals surface area contributed by atoms with Gasteiger partial charge in [0.25, 0.3) is 0 Å². The summed E-state index contributed by atoms with van der Waals surface area (Å²) in [7, 11) is 1.34. The van der Waals surface area contributed by atoms with Gasteiger partial charge in [-0.25, -0.2) is 14.4 Å². The third-order valence-electron chi connectivity index (χ3n) is 2.54. The van der Waals surface area contributed by atoms with E-state index in [9.17, 15) is 9.18 Å². The van der Waals surface area contributed by atoms with Crippen molar-refractivity contribution in [2.75, 3.05) is 7.11 Å². The molecule has 0 saturated heterocycles. The van der Waals surface area contributed by atoms with E-state index in [0.29, 0.717) is 17.4 Å². The minimum Gasteiger partial charge on any atom is -0.494 e. The first kappa shape index (κ1) is 14.1. The predicted molar refractivity (Wildman–Crippen MR) is 74.3 cm³/mol. The summed E-state index contributed by atoms with van der Waals surface area (Å²) in [6.07, 6.45) is 6.76. The quantitative estimate of drug-likeness (QED) is 0.641. The summed E-state index contributed by atoms with van der Waals surface area (Å²) in [6, 6.07) is 2.77. The molecule has 0 saturated carbocycles. The van der Waals surface area contributed by atoms with Crippen molar-refractivity contribution in [2.24, 2.45) is 0 Å². The van der Waals surface area contributed by atoms with Crippen molar-refractivity contribution >= 4 is 30.0 Å². The Labute approximate surface area is 119 Å². The second-order valence-corrected chi connectivity index (χ2v) is 4.20. The molecule has 0 unspecified atom stereocenters. The Bertz CT molecular complexity index is 657. The summed E-state index contributed by atoms with van der Waals surface area (Å²) < 4.78 is 18.9. The molecule has 0 aliphatic rings. The molecular weight excluding hydrogens is 283 g/mol. The van der Waals surface area contributed by atoms with Gasteiger partial charge in [0.15, 0.2) is 11.6 Å². The number of aldehydes is 1. The van der Waals surface area contributed by atoms with Crippen LogP contribution in [0.5, 0.6) is 5.75 Å². The van der Waals surface area contributed by atoms with Crippen molar-refractivity contribution in [3.63, 3.8) is 0 Å². The third kappa shape index (κ3) is 3.19. The molecule has 0 N–H and O–H groups in total. The highest BCUT2D eigenvalue weighted by atomic mass is 35.5. The van der Waals surface area contributed by atoms with Gasteiger partial charge in [0, 0.05) is 29.1 Å². The standard InChI is InChI=1S/C14H10ClFN2O2/c1-20-12-5-10(8-19)4-11(13(12)16)3-2-9-6-17-14(15)18-7-9/h2-8H,1H3/b3-2+. The molecule has 0 atom stereocenters. The largest absolute Gasteiger partial charge is 0.494 e. The van der Waals surface area contributed by atoms with E-state index in [1.165, 1.54) is 37.7 Å². The summed E-state index contributed by atoms with van der Waals surface area (Å²) in [5, 5.41) is 0.137. The molecule has 20 heavy (non-hydrogen) atoms. The molecular formula is C14H10ClFN2O2. The number of hydrogen-bond acceptors (Lipinski definition) is 4. The van der Waals surface area contributed by atoms with E-state index in [1.54, 1.807) is 6.08 Å². The predicted octanol–water partition coefficient (Wildman–Crippen LogP) is 3.26. The van der Waals surface area contributed by atoms with Crippen LogP contribution in [0.15, 0.2) is 24.5 Å². The number of aromatic nitrogens is 2. The average Bonchev–Trinajstić information content (AvgIpc) is 2.48. The van der Waals surface area contributed by atoms with Crippen molar-refractivity contribution in [2.45, 2.75) is 0 Å². The fraction of sp³-hybridized carbons (Fsp3) is 0.0714. The molecule has 1 aromatic carbocycles. The second-order valence-electron chi connectivity index (χ2n) is 3.86. The first-order valence-electron chi connectivity index (χ1n) is 5.62. The molecule has 2 rings (SSSR count). The number of ether oxygens (including phenoxy) is 1. The summed E-state index contributed by atoms with van der Waals surface area (Å²) in [4.78, 5) is 18.4. The normalized spacial score (nSPS) is 10.8. The fourth-order valence-electron chi connectivity index (χ4n) is 1.57. The third-order valence-corrected chi connectivity index (χ3v) is 2.74. The number of nitrogens with zero attached hydrogens (tertiary/aromatic N) is 2. The lowest BCUT2D eigenvalue weighted by molar-refractivity contribution is 0.112. The summed E-state index contributed by atoms with van der Waals surface area (Å²) in [6.45, 7) is 0. The molecule has 1 aromatic heterocycles. The van der Waals surface area contributed by atoms with Gasteiger partial charge in [-0.15, -0.1) is 0 Å². The Hall–Kier alpha value is -2.27. The molecule has 0 spiro atoms. The second kappa shape index (κ2) is 6.25.